The molecule has 0 aliphatic carbocycles. The molecule has 3 aliphatic rings. The van der Waals surface area contributed by atoms with Crippen LogP contribution in [0.5, 0.6) is 5.75 Å². The van der Waals surface area contributed by atoms with Crippen LogP contribution in [0.25, 0.3) is 44.2 Å². The number of alkyl halides is 2. The standard InChI is InChI=1S/C43H49F2N7O7/c1-22(2)35(50-41(54)56-6)39(53)52-19-23(20-58-40(44)45)14-33(52)38-47-30-12-10-24-16-29-27-11-9-25(15-26(27)21-57-34(29)17-28(24)36(30)49-38)31-18-46-37(48-31)32-8-7-13-51(32)42(55)59-43(3,4)5/h9-12,15-18,22-23,32-33,35,40H,7-8,13-14,19-21H2,1-6H3,(H,46,48)(H,47,49)(H,50,54)/t23-,32?,33-,35-/m0/s1. The van der Waals surface area contributed by atoms with Crippen molar-refractivity contribution in [2.24, 2.45) is 11.8 Å². The number of ether oxygens (including phenoxy) is 4. The number of H-pyrrole nitrogens is 2. The molecular weight excluding hydrogens is 765 g/mol. The van der Waals surface area contributed by atoms with E-state index in [1.165, 1.54) is 7.11 Å². The molecule has 3 amide bonds. The van der Waals surface area contributed by atoms with Crippen LogP contribution in [-0.2, 0) is 25.6 Å². The Morgan fingerprint density at radius 3 is 2.58 bits per heavy atom. The number of likely N-dealkylation sites (tertiary alicyclic amines) is 2. The van der Waals surface area contributed by atoms with Gasteiger partial charge in [-0.25, -0.2) is 19.6 Å². The number of methoxy groups -OCH3 is 1. The van der Waals surface area contributed by atoms with Gasteiger partial charge in [0.2, 0.25) is 5.91 Å². The van der Waals surface area contributed by atoms with E-state index in [2.05, 4.69) is 49.3 Å². The molecule has 14 nitrogen and oxygen atoms in total. The average Bonchev–Trinajstić information content (AvgIpc) is 4.02. The predicted molar refractivity (Wildman–Crippen MR) is 215 cm³/mol. The van der Waals surface area contributed by atoms with Gasteiger partial charge in [-0.2, -0.15) is 8.78 Å². The summed E-state index contributed by atoms with van der Waals surface area (Å²) in [5.41, 5.74) is 5.64. The second kappa shape index (κ2) is 15.8. The first kappa shape index (κ1) is 40.0. The normalized spacial score (nSPS) is 19.6. The number of hydrogen-bond acceptors (Lipinski definition) is 9. The maximum Gasteiger partial charge on any atom is 0.410 e. The zero-order valence-electron chi connectivity index (χ0n) is 33.9. The largest absolute Gasteiger partial charge is 0.488 e. The lowest BCUT2D eigenvalue weighted by Gasteiger charge is -2.30. The Morgan fingerprint density at radius 2 is 1.83 bits per heavy atom. The second-order valence-corrected chi connectivity index (χ2v) is 16.9. The molecule has 0 saturated carbocycles. The lowest BCUT2D eigenvalue weighted by Crippen LogP contribution is -2.51. The van der Waals surface area contributed by atoms with E-state index in [4.69, 9.17) is 19.2 Å². The van der Waals surface area contributed by atoms with Gasteiger partial charge in [-0.15, -0.1) is 0 Å². The molecule has 8 rings (SSSR count). The average molecular weight is 814 g/mol. The highest BCUT2D eigenvalue weighted by Crippen LogP contribution is 2.44. The molecule has 5 aromatic rings. The van der Waals surface area contributed by atoms with Crippen LogP contribution in [0.3, 0.4) is 0 Å². The first-order chi connectivity index (χ1) is 28.2. The number of nitrogens with zero attached hydrogens (tertiary/aromatic N) is 4. The summed E-state index contributed by atoms with van der Waals surface area (Å²) in [6, 6.07) is 12.6. The van der Waals surface area contributed by atoms with Crippen LogP contribution in [0.4, 0.5) is 18.4 Å². The molecule has 5 heterocycles. The summed E-state index contributed by atoms with van der Waals surface area (Å²) in [5.74, 6) is 0.919. The Bertz CT molecular complexity index is 2410. The topological polar surface area (TPSA) is 164 Å². The van der Waals surface area contributed by atoms with Gasteiger partial charge in [0.1, 0.15) is 35.6 Å². The lowest BCUT2D eigenvalue weighted by molar-refractivity contribution is -0.139. The summed E-state index contributed by atoms with van der Waals surface area (Å²) in [6.45, 7) is 7.15. The third kappa shape index (κ3) is 8.01. The Labute approximate surface area is 339 Å². The summed E-state index contributed by atoms with van der Waals surface area (Å²) in [7, 11) is 1.22. The minimum atomic E-state index is -2.94. The maximum absolute atomic E-state index is 14.0. The number of imidazole rings is 2. The minimum Gasteiger partial charge on any atom is -0.488 e. The minimum absolute atomic E-state index is 0.150. The molecule has 1 unspecified atom stereocenters. The molecule has 0 spiro atoms. The fourth-order valence-electron chi connectivity index (χ4n) is 8.51. The van der Waals surface area contributed by atoms with Crippen molar-refractivity contribution in [1.29, 1.82) is 0 Å². The van der Waals surface area contributed by atoms with Crippen molar-refractivity contribution in [2.45, 2.75) is 90.8 Å². The predicted octanol–water partition coefficient (Wildman–Crippen LogP) is 8.25. The lowest BCUT2D eigenvalue weighted by atomic mass is 9.92. The van der Waals surface area contributed by atoms with Gasteiger partial charge in [-0.3, -0.25) is 9.69 Å². The Balaban J connectivity index is 1.06. The highest BCUT2D eigenvalue weighted by molar-refractivity contribution is 6.07. The smallest absolute Gasteiger partial charge is 0.410 e. The van der Waals surface area contributed by atoms with Crippen LogP contribution >= 0.6 is 0 Å². The van der Waals surface area contributed by atoms with E-state index in [1.807, 2.05) is 52.8 Å². The van der Waals surface area contributed by atoms with E-state index in [0.717, 1.165) is 62.9 Å². The first-order valence-corrected chi connectivity index (χ1v) is 20.0. The van der Waals surface area contributed by atoms with Crippen molar-refractivity contribution < 1.29 is 42.1 Å². The molecule has 59 heavy (non-hydrogen) atoms. The van der Waals surface area contributed by atoms with Gasteiger partial charge in [0.05, 0.1) is 48.7 Å². The number of fused-ring (bicyclic) bond motifs is 6. The van der Waals surface area contributed by atoms with E-state index in [1.54, 1.807) is 16.0 Å². The number of halogens is 2. The molecule has 0 radical (unpaired) electrons. The monoisotopic (exact) mass is 813 g/mol. The molecule has 16 heteroatoms. The molecule has 3 aliphatic heterocycles. The fraction of sp³-hybridized carbons (Fsp3) is 0.465. The van der Waals surface area contributed by atoms with Crippen molar-refractivity contribution in [3.8, 4) is 28.1 Å². The van der Waals surface area contributed by atoms with Crippen LogP contribution in [0.15, 0.2) is 48.7 Å². The SMILES string of the molecule is COC(=O)N[C@H](C(=O)N1C[C@@H](COC(F)F)C[C@H]1c1nc2ccc3cc4c(cc3c2[nH]1)OCc1cc(-c2cnc(C3CCCN3C(=O)OC(C)(C)C)[nH]2)ccc1-4)C(C)C. The Morgan fingerprint density at radius 1 is 1.02 bits per heavy atom. The number of carbonyl (C=O) groups excluding carboxylic acids is 3. The summed E-state index contributed by atoms with van der Waals surface area (Å²) >= 11 is 0. The highest BCUT2D eigenvalue weighted by atomic mass is 19.3. The summed E-state index contributed by atoms with van der Waals surface area (Å²) in [5, 5.41) is 4.45. The summed E-state index contributed by atoms with van der Waals surface area (Å²) < 4.78 is 47.6. The van der Waals surface area contributed by atoms with Crippen molar-refractivity contribution in [2.75, 3.05) is 26.8 Å². The molecule has 0 bridgehead atoms. The van der Waals surface area contributed by atoms with Crippen LogP contribution in [0, 0.1) is 11.8 Å². The number of nitrogens with one attached hydrogen (secondary N) is 3. The number of benzene rings is 3. The van der Waals surface area contributed by atoms with Gasteiger partial charge in [-0.1, -0.05) is 32.0 Å². The molecule has 3 aromatic carbocycles. The number of alkyl carbamates (subject to hydrolysis) is 1. The van der Waals surface area contributed by atoms with Crippen molar-refractivity contribution >= 4 is 39.9 Å². The van der Waals surface area contributed by atoms with Gasteiger partial charge < -0.3 is 39.1 Å². The quantitative estimate of drug-likeness (QED) is 0.133. The molecule has 2 fully saturated rings. The van der Waals surface area contributed by atoms with Gasteiger partial charge in [0.25, 0.3) is 0 Å². The maximum atomic E-state index is 14.0. The molecular formula is C43H49F2N7O7. The molecule has 2 saturated heterocycles. The van der Waals surface area contributed by atoms with Crippen molar-refractivity contribution in [3.05, 3.63) is 65.9 Å². The van der Waals surface area contributed by atoms with E-state index in [-0.39, 0.29) is 43.0 Å². The summed E-state index contributed by atoms with van der Waals surface area (Å²) in [4.78, 5) is 59.0. The highest BCUT2D eigenvalue weighted by Gasteiger charge is 2.42. The van der Waals surface area contributed by atoms with Gasteiger partial charge in [0.15, 0.2) is 0 Å². The Kier molecular flexibility index (Phi) is 10.7. The zero-order chi connectivity index (χ0) is 41.7. The molecule has 2 aromatic heterocycles. The van der Waals surface area contributed by atoms with E-state index in [0.29, 0.717) is 36.7 Å². The van der Waals surface area contributed by atoms with Crippen LogP contribution in [0.1, 0.15) is 83.2 Å². The Hall–Kier alpha value is -5.77. The van der Waals surface area contributed by atoms with Gasteiger partial charge >= 0.3 is 18.8 Å². The molecule has 4 atom stereocenters. The third-order valence-corrected chi connectivity index (χ3v) is 11.3. The van der Waals surface area contributed by atoms with Crippen molar-refractivity contribution in [3.63, 3.8) is 0 Å². The van der Waals surface area contributed by atoms with Gasteiger partial charge in [-0.05, 0) is 92.3 Å². The third-order valence-electron chi connectivity index (χ3n) is 11.3. The van der Waals surface area contributed by atoms with Crippen molar-refractivity contribution in [1.82, 2.24) is 35.1 Å². The number of aromatic amines is 2. The van der Waals surface area contributed by atoms with Crippen LogP contribution in [-0.4, -0.2) is 92.9 Å². The number of amides is 3. The van der Waals surface area contributed by atoms with E-state index < -0.39 is 30.4 Å². The second-order valence-electron chi connectivity index (χ2n) is 16.9. The number of rotatable bonds is 9. The summed E-state index contributed by atoms with van der Waals surface area (Å²) in [6.07, 6.45) is 2.73. The zero-order valence-corrected chi connectivity index (χ0v) is 33.9. The first-order valence-electron chi connectivity index (χ1n) is 20.0. The fourth-order valence-corrected chi connectivity index (χ4v) is 8.51. The van der Waals surface area contributed by atoms with Gasteiger partial charge in [0, 0.05) is 30.0 Å². The van der Waals surface area contributed by atoms with E-state index >= 15 is 0 Å². The van der Waals surface area contributed by atoms with Crippen LogP contribution < -0.4 is 10.1 Å². The van der Waals surface area contributed by atoms with E-state index in [9.17, 15) is 23.2 Å². The number of aromatic nitrogens is 4. The number of hydrogen-bond donors (Lipinski definition) is 3. The number of carbonyl (C=O) groups is 3. The van der Waals surface area contributed by atoms with Crippen LogP contribution in [0.2, 0.25) is 0 Å². The molecule has 3 N–H and O–H groups in total. The molecule has 312 valence electrons.